The Morgan fingerprint density at radius 1 is 1.43 bits per heavy atom. The van der Waals surface area contributed by atoms with Crippen LogP contribution in [0.25, 0.3) is 0 Å². The third-order valence-electron chi connectivity index (χ3n) is 4.15. The summed E-state index contributed by atoms with van der Waals surface area (Å²) in [6.07, 6.45) is 6.19. The minimum absolute atomic E-state index is 0.0526. The highest BCUT2D eigenvalue weighted by Crippen LogP contribution is 2.22. The molecule has 0 saturated heterocycles. The van der Waals surface area contributed by atoms with Crippen molar-refractivity contribution >= 4 is 23.2 Å². The van der Waals surface area contributed by atoms with E-state index in [1.807, 2.05) is 14.1 Å². The fraction of sp³-hybridized carbons (Fsp3) is 0.600. The Morgan fingerprint density at radius 3 is 2.76 bits per heavy atom. The lowest BCUT2D eigenvalue weighted by Crippen LogP contribution is -2.42. The molecule has 0 atom stereocenters. The van der Waals surface area contributed by atoms with Gasteiger partial charge in [-0.3, -0.25) is 9.69 Å². The zero-order valence-corrected chi connectivity index (χ0v) is 13.4. The van der Waals surface area contributed by atoms with Gasteiger partial charge in [0.2, 0.25) is 5.91 Å². The number of amides is 1. The van der Waals surface area contributed by atoms with E-state index in [9.17, 15) is 4.79 Å². The van der Waals surface area contributed by atoms with Gasteiger partial charge in [-0.15, -0.1) is 0 Å². The first-order chi connectivity index (χ1) is 10.1. The molecule has 0 aliphatic heterocycles. The topological polar surface area (TPSA) is 57.3 Å². The second-order valence-corrected chi connectivity index (χ2v) is 5.96. The third-order valence-corrected chi connectivity index (χ3v) is 4.46. The van der Waals surface area contributed by atoms with Crippen molar-refractivity contribution < 1.29 is 4.79 Å². The predicted molar refractivity (Wildman–Crippen MR) is 85.6 cm³/mol. The normalized spacial score (nSPS) is 22.3. The number of aromatic nitrogens is 1. The Labute approximate surface area is 131 Å². The molecule has 21 heavy (non-hydrogen) atoms. The van der Waals surface area contributed by atoms with E-state index in [2.05, 4.69) is 20.5 Å². The Hall–Kier alpha value is -1.17. The smallest absolute Gasteiger partial charge is 0.238 e. The average molecular weight is 311 g/mol. The minimum atomic E-state index is -0.0526. The monoisotopic (exact) mass is 310 g/mol. The van der Waals surface area contributed by atoms with Gasteiger partial charge in [-0.1, -0.05) is 11.6 Å². The summed E-state index contributed by atoms with van der Waals surface area (Å²) >= 11 is 5.94. The van der Waals surface area contributed by atoms with E-state index < -0.39 is 0 Å². The number of hydrogen-bond donors (Lipinski definition) is 2. The van der Waals surface area contributed by atoms with Gasteiger partial charge in [0.15, 0.2) is 5.15 Å². The van der Waals surface area contributed by atoms with Crippen LogP contribution < -0.4 is 10.6 Å². The lowest BCUT2D eigenvalue weighted by atomic mass is 9.90. The fourth-order valence-corrected chi connectivity index (χ4v) is 3.00. The van der Waals surface area contributed by atoms with Gasteiger partial charge in [0.25, 0.3) is 0 Å². The maximum absolute atomic E-state index is 12.1. The lowest BCUT2D eigenvalue weighted by molar-refractivity contribution is -0.117. The maximum Gasteiger partial charge on any atom is 0.238 e. The quantitative estimate of drug-likeness (QED) is 0.818. The highest BCUT2D eigenvalue weighted by Gasteiger charge is 2.24. The SMILES string of the molecule is CNC1CCC(N(C)CC(=O)Nc2cccnc2Cl)CC1. The molecular formula is C15H23ClN4O. The van der Waals surface area contributed by atoms with Gasteiger partial charge in [-0.2, -0.15) is 0 Å². The Balaban J connectivity index is 1.81. The van der Waals surface area contributed by atoms with E-state index in [1.54, 1.807) is 18.3 Å². The summed E-state index contributed by atoms with van der Waals surface area (Å²) in [6, 6.07) is 4.61. The van der Waals surface area contributed by atoms with Crippen molar-refractivity contribution in [2.45, 2.75) is 37.8 Å². The van der Waals surface area contributed by atoms with E-state index in [0.29, 0.717) is 29.5 Å². The first kappa shape index (κ1) is 16.2. The number of pyridine rings is 1. The van der Waals surface area contributed by atoms with E-state index >= 15 is 0 Å². The molecule has 2 N–H and O–H groups in total. The molecular weight excluding hydrogens is 288 g/mol. The van der Waals surface area contributed by atoms with Crippen molar-refractivity contribution in [1.29, 1.82) is 0 Å². The molecule has 1 aliphatic carbocycles. The number of anilines is 1. The van der Waals surface area contributed by atoms with Crippen molar-refractivity contribution in [1.82, 2.24) is 15.2 Å². The second-order valence-electron chi connectivity index (χ2n) is 5.60. The van der Waals surface area contributed by atoms with Crippen LogP contribution in [0.1, 0.15) is 25.7 Å². The van der Waals surface area contributed by atoms with Gasteiger partial charge in [-0.05, 0) is 51.9 Å². The molecule has 1 saturated carbocycles. The lowest BCUT2D eigenvalue weighted by Gasteiger charge is -2.34. The number of likely N-dealkylation sites (N-methyl/N-ethyl adjacent to an activating group) is 1. The molecule has 1 aliphatic rings. The molecule has 0 bridgehead atoms. The van der Waals surface area contributed by atoms with Crippen LogP contribution in [0.5, 0.6) is 0 Å². The molecule has 1 aromatic heterocycles. The highest BCUT2D eigenvalue weighted by atomic mass is 35.5. The average Bonchev–Trinajstić information content (AvgIpc) is 2.49. The zero-order valence-electron chi connectivity index (χ0n) is 12.6. The van der Waals surface area contributed by atoms with Crippen LogP contribution in [0.15, 0.2) is 18.3 Å². The molecule has 6 heteroatoms. The molecule has 0 radical (unpaired) electrons. The summed E-state index contributed by atoms with van der Waals surface area (Å²) in [5, 5.41) is 6.46. The molecule has 116 valence electrons. The first-order valence-electron chi connectivity index (χ1n) is 7.38. The Bertz CT molecular complexity index is 474. The summed E-state index contributed by atoms with van der Waals surface area (Å²) in [4.78, 5) is 18.2. The second kappa shape index (κ2) is 7.73. The summed E-state index contributed by atoms with van der Waals surface area (Å²) < 4.78 is 0. The summed E-state index contributed by atoms with van der Waals surface area (Å²) in [6.45, 7) is 0.375. The van der Waals surface area contributed by atoms with Crippen LogP contribution in [-0.2, 0) is 4.79 Å². The predicted octanol–water partition coefficient (Wildman–Crippen LogP) is 2.14. The van der Waals surface area contributed by atoms with Gasteiger partial charge in [0.05, 0.1) is 12.2 Å². The van der Waals surface area contributed by atoms with E-state index in [1.165, 1.54) is 12.8 Å². The number of rotatable bonds is 5. The number of nitrogens with one attached hydrogen (secondary N) is 2. The summed E-state index contributed by atoms with van der Waals surface area (Å²) in [5.74, 6) is -0.0526. The largest absolute Gasteiger partial charge is 0.322 e. The van der Waals surface area contributed by atoms with E-state index in [4.69, 9.17) is 11.6 Å². The van der Waals surface area contributed by atoms with Crippen molar-refractivity contribution in [3.05, 3.63) is 23.5 Å². The molecule has 0 aromatic carbocycles. The number of carbonyl (C=O) groups excluding carboxylic acids is 1. The molecule has 1 fully saturated rings. The number of halogens is 1. The summed E-state index contributed by atoms with van der Waals surface area (Å²) in [7, 11) is 4.02. The molecule has 1 aromatic rings. The van der Waals surface area contributed by atoms with Gasteiger partial charge in [-0.25, -0.2) is 4.98 Å². The first-order valence-corrected chi connectivity index (χ1v) is 7.76. The zero-order chi connectivity index (χ0) is 15.2. The molecule has 0 spiro atoms. The minimum Gasteiger partial charge on any atom is -0.322 e. The molecule has 1 heterocycles. The summed E-state index contributed by atoms with van der Waals surface area (Å²) in [5.41, 5.74) is 0.566. The van der Waals surface area contributed by atoms with Crippen molar-refractivity contribution in [2.24, 2.45) is 0 Å². The van der Waals surface area contributed by atoms with E-state index in [0.717, 1.165) is 12.8 Å². The van der Waals surface area contributed by atoms with Gasteiger partial charge in [0, 0.05) is 18.3 Å². The van der Waals surface area contributed by atoms with Crippen LogP contribution >= 0.6 is 11.6 Å². The number of hydrogen-bond acceptors (Lipinski definition) is 4. The fourth-order valence-electron chi connectivity index (χ4n) is 2.83. The van der Waals surface area contributed by atoms with Crippen LogP contribution in [0.2, 0.25) is 5.15 Å². The van der Waals surface area contributed by atoms with Crippen LogP contribution in [-0.4, -0.2) is 48.5 Å². The Morgan fingerprint density at radius 2 is 2.14 bits per heavy atom. The number of nitrogens with zero attached hydrogens (tertiary/aromatic N) is 2. The van der Waals surface area contributed by atoms with Crippen LogP contribution in [0.3, 0.4) is 0 Å². The van der Waals surface area contributed by atoms with Crippen molar-refractivity contribution in [3.8, 4) is 0 Å². The molecule has 2 rings (SSSR count). The number of carbonyl (C=O) groups is 1. The third kappa shape index (κ3) is 4.66. The highest BCUT2D eigenvalue weighted by molar-refractivity contribution is 6.32. The van der Waals surface area contributed by atoms with Crippen LogP contribution in [0.4, 0.5) is 5.69 Å². The Kier molecular flexibility index (Phi) is 5.96. The maximum atomic E-state index is 12.1. The molecule has 0 unspecified atom stereocenters. The van der Waals surface area contributed by atoms with Crippen LogP contribution in [0, 0.1) is 0 Å². The van der Waals surface area contributed by atoms with Gasteiger partial charge in [0.1, 0.15) is 0 Å². The van der Waals surface area contributed by atoms with Crippen molar-refractivity contribution in [2.75, 3.05) is 26.0 Å². The van der Waals surface area contributed by atoms with Gasteiger partial charge >= 0.3 is 0 Å². The van der Waals surface area contributed by atoms with Crippen molar-refractivity contribution in [3.63, 3.8) is 0 Å². The molecule has 5 nitrogen and oxygen atoms in total. The van der Waals surface area contributed by atoms with Gasteiger partial charge < -0.3 is 10.6 Å². The van der Waals surface area contributed by atoms with E-state index in [-0.39, 0.29) is 5.91 Å². The standard InChI is InChI=1S/C15H23ClN4O/c1-17-11-5-7-12(8-6-11)20(2)10-14(21)19-13-4-3-9-18-15(13)16/h3-4,9,11-12,17H,5-8,10H2,1-2H3,(H,19,21). The molecule has 1 amide bonds.